The summed E-state index contributed by atoms with van der Waals surface area (Å²) in [6, 6.07) is 12.6. The van der Waals surface area contributed by atoms with E-state index in [2.05, 4.69) is 51.0 Å². The van der Waals surface area contributed by atoms with Crippen molar-refractivity contribution in [3.63, 3.8) is 0 Å². The minimum Gasteiger partial charge on any atom is -0.493 e. The minimum absolute atomic E-state index is 0.0374. The van der Waals surface area contributed by atoms with Gasteiger partial charge in [-0.3, -0.25) is 9.88 Å². The zero-order valence-electron chi connectivity index (χ0n) is 17.2. The number of aromatic nitrogens is 2. The summed E-state index contributed by atoms with van der Waals surface area (Å²) < 4.78 is 19.3. The van der Waals surface area contributed by atoms with E-state index in [9.17, 15) is 0 Å². The van der Waals surface area contributed by atoms with Crippen LogP contribution in [-0.4, -0.2) is 42.3 Å². The molecular formula is C23H27N3O3. The predicted molar refractivity (Wildman–Crippen MR) is 112 cm³/mol. The standard InChI is InChI=1S/C23H27N3O3/c1-27-20-8-7-18(22(28-2)23(20)29-3)21-19-6-4-13-25(19)14-5-15-26(21)16-17-9-11-24-12-10-17/h4,6-13,21H,5,14-16H2,1-3H3. The molecule has 1 aromatic carbocycles. The van der Waals surface area contributed by atoms with E-state index in [1.165, 1.54) is 11.3 Å². The molecule has 1 unspecified atom stereocenters. The normalized spacial score (nSPS) is 16.7. The van der Waals surface area contributed by atoms with E-state index in [0.717, 1.165) is 31.6 Å². The van der Waals surface area contributed by atoms with Crippen LogP contribution >= 0.6 is 0 Å². The molecule has 0 bridgehead atoms. The van der Waals surface area contributed by atoms with E-state index in [1.54, 1.807) is 21.3 Å². The number of aryl methyl sites for hydroxylation is 1. The van der Waals surface area contributed by atoms with Crippen LogP contribution in [0.3, 0.4) is 0 Å². The Morgan fingerprint density at radius 2 is 1.72 bits per heavy atom. The van der Waals surface area contributed by atoms with Gasteiger partial charge in [-0.15, -0.1) is 0 Å². The molecule has 29 heavy (non-hydrogen) atoms. The molecule has 0 N–H and O–H groups in total. The highest BCUT2D eigenvalue weighted by Gasteiger charge is 2.31. The zero-order valence-corrected chi connectivity index (χ0v) is 17.2. The van der Waals surface area contributed by atoms with Gasteiger partial charge in [0.1, 0.15) is 0 Å². The summed E-state index contributed by atoms with van der Waals surface area (Å²) in [6.07, 6.45) is 6.94. The molecule has 2 aromatic heterocycles. The molecule has 152 valence electrons. The van der Waals surface area contributed by atoms with E-state index in [4.69, 9.17) is 14.2 Å². The Hall–Kier alpha value is -2.99. The fourth-order valence-corrected chi connectivity index (χ4v) is 4.23. The van der Waals surface area contributed by atoms with Crippen molar-refractivity contribution in [2.24, 2.45) is 0 Å². The number of methoxy groups -OCH3 is 3. The molecule has 1 aliphatic rings. The van der Waals surface area contributed by atoms with Crippen LogP contribution in [0.2, 0.25) is 0 Å². The van der Waals surface area contributed by atoms with Crippen molar-refractivity contribution >= 4 is 0 Å². The fraction of sp³-hybridized carbons (Fsp3) is 0.348. The van der Waals surface area contributed by atoms with Crippen LogP contribution in [0, 0.1) is 0 Å². The van der Waals surface area contributed by atoms with Gasteiger partial charge in [0.2, 0.25) is 5.75 Å². The van der Waals surface area contributed by atoms with Crippen molar-refractivity contribution in [1.82, 2.24) is 14.5 Å². The molecule has 0 spiro atoms. The maximum absolute atomic E-state index is 5.84. The average Bonchev–Trinajstić information content (AvgIpc) is 3.15. The van der Waals surface area contributed by atoms with Crippen molar-refractivity contribution in [3.05, 3.63) is 71.8 Å². The van der Waals surface area contributed by atoms with Gasteiger partial charge in [0.25, 0.3) is 0 Å². The van der Waals surface area contributed by atoms with Gasteiger partial charge in [-0.2, -0.15) is 0 Å². The number of nitrogens with zero attached hydrogens (tertiary/aromatic N) is 3. The topological polar surface area (TPSA) is 48.8 Å². The molecule has 0 fully saturated rings. The molecule has 0 aliphatic carbocycles. The first-order chi connectivity index (χ1) is 14.3. The van der Waals surface area contributed by atoms with Gasteiger partial charge in [0, 0.05) is 49.5 Å². The molecule has 1 atom stereocenters. The summed E-state index contributed by atoms with van der Waals surface area (Å²) in [6.45, 7) is 2.81. The Morgan fingerprint density at radius 1 is 0.931 bits per heavy atom. The van der Waals surface area contributed by atoms with Crippen LogP contribution in [0.15, 0.2) is 55.0 Å². The number of fused-ring (bicyclic) bond motifs is 1. The Labute approximate surface area is 171 Å². The Kier molecular flexibility index (Phi) is 5.71. The second kappa shape index (κ2) is 8.57. The lowest BCUT2D eigenvalue weighted by atomic mass is 9.99. The summed E-state index contributed by atoms with van der Waals surface area (Å²) in [5.41, 5.74) is 3.56. The monoisotopic (exact) mass is 393 g/mol. The largest absolute Gasteiger partial charge is 0.493 e. The summed E-state index contributed by atoms with van der Waals surface area (Å²) >= 11 is 0. The third-order valence-electron chi connectivity index (χ3n) is 5.52. The molecule has 0 amide bonds. The molecule has 4 rings (SSSR count). The summed E-state index contributed by atoms with van der Waals surface area (Å²) in [5, 5.41) is 0. The van der Waals surface area contributed by atoms with Crippen LogP contribution in [0.5, 0.6) is 17.2 Å². The van der Waals surface area contributed by atoms with Crippen LogP contribution in [0.1, 0.15) is 29.3 Å². The third-order valence-corrected chi connectivity index (χ3v) is 5.52. The lowest BCUT2D eigenvalue weighted by Gasteiger charge is -2.32. The first kappa shape index (κ1) is 19.3. The first-order valence-corrected chi connectivity index (χ1v) is 9.83. The quantitative estimate of drug-likeness (QED) is 0.636. The van der Waals surface area contributed by atoms with Crippen molar-refractivity contribution in [2.45, 2.75) is 25.6 Å². The van der Waals surface area contributed by atoms with Gasteiger partial charge in [-0.25, -0.2) is 0 Å². The molecule has 6 heteroatoms. The highest BCUT2D eigenvalue weighted by atomic mass is 16.5. The number of hydrogen-bond acceptors (Lipinski definition) is 5. The molecule has 0 radical (unpaired) electrons. The van der Waals surface area contributed by atoms with Gasteiger partial charge < -0.3 is 18.8 Å². The number of ether oxygens (including phenoxy) is 3. The van der Waals surface area contributed by atoms with Gasteiger partial charge in [-0.1, -0.05) is 0 Å². The van der Waals surface area contributed by atoms with Crippen LogP contribution < -0.4 is 14.2 Å². The molecule has 0 saturated heterocycles. The number of pyridine rings is 1. The van der Waals surface area contributed by atoms with E-state index < -0.39 is 0 Å². The molecule has 1 aliphatic heterocycles. The number of hydrogen-bond donors (Lipinski definition) is 0. The van der Waals surface area contributed by atoms with Crippen molar-refractivity contribution in [1.29, 1.82) is 0 Å². The molecule has 6 nitrogen and oxygen atoms in total. The van der Waals surface area contributed by atoms with Crippen LogP contribution in [-0.2, 0) is 13.1 Å². The zero-order chi connectivity index (χ0) is 20.2. The second-order valence-electron chi connectivity index (χ2n) is 7.13. The summed E-state index contributed by atoms with van der Waals surface area (Å²) in [5.74, 6) is 2.00. The Morgan fingerprint density at radius 3 is 2.45 bits per heavy atom. The Bertz CT molecular complexity index is 955. The van der Waals surface area contributed by atoms with E-state index in [1.807, 2.05) is 18.5 Å². The predicted octanol–water partition coefficient (Wildman–Crippen LogP) is 3.90. The molecule has 0 saturated carbocycles. The van der Waals surface area contributed by atoms with Gasteiger partial charge in [0.05, 0.1) is 27.4 Å². The second-order valence-corrected chi connectivity index (χ2v) is 7.13. The Balaban J connectivity index is 1.85. The smallest absolute Gasteiger partial charge is 0.203 e. The maximum Gasteiger partial charge on any atom is 0.203 e. The molecule has 3 heterocycles. The molecular weight excluding hydrogens is 366 g/mol. The van der Waals surface area contributed by atoms with Crippen LogP contribution in [0.25, 0.3) is 0 Å². The summed E-state index contributed by atoms with van der Waals surface area (Å²) in [7, 11) is 4.97. The van der Waals surface area contributed by atoms with Gasteiger partial charge in [-0.05, 0) is 48.4 Å². The number of benzene rings is 1. The van der Waals surface area contributed by atoms with Crippen molar-refractivity contribution < 1.29 is 14.2 Å². The average molecular weight is 393 g/mol. The van der Waals surface area contributed by atoms with Crippen molar-refractivity contribution in [3.8, 4) is 17.2 Å². The first-order valence-electron chi connectivity index (χ1n) is 9.83. The van der Waals surface area contributed by atoms with E-state index >= 15 is 0 Å². The van der Waals surface area contributed by atoms with Gasteiger partial charge >= 0.3 is 0 Å². The SMILES string of the molecule is COc1ccc(C2c3cccn3CCCN2Cc2ccncc2)c(OC)c1OC. The molecule has 3 aromatic rings. The van der Waals surface area contributed by atoms with Crippen molar-refractivity contribution in [2.75, 3.05) is 27.9 Å². The fourth-order valence-electron chi connectivity index (χ4n) is 4.23. The number of rotatable bonds is 6. The van der Waals surface area contributed by atoms with E-state index in [0.29, 0.717) is 17.2 Å². The lowest BCUT2D eigenvalue weighted by molar-refractivity contribution is 0.214. The summed E-state index contributed by atoms with van der Waals surface area (Å²) in [4.78, 5) is 6.66. The van der Waals surface area contributed by atoms with E-state index in [-0.39, 0.29) is 6.04 Å². The maximum atomic E-state index is 5.84. The minimum atomic E-state index is 0.0374. The third kappa shape index (κ3) is 3.68. The lowest BCUT2D eigenvalue weighted by Crippen LogP contribution is -2.30. The van der Waals surface area contributed by atoms with Gasteiger partial charge in [0.15, 0.2) is 11.5 Å². The van der Waals surface area contributed by atoms with Crippen LogP contribution in [0.4, 0.5) is 0 Å². The highest BCUT2D eigenvalue weighted by molar-refractivity contribution is 5.58. The highest BCUT2D eigenvalue weighted by Crippen LogP contribution is 2.46.